The van der Waals surface area contributed by atoms with E-state index < -0.39 is 11.7 Å². The van der Waals surface area contributed by atoms with E-state index in [9.17, 15) is 4.79 Å². The molecule has 6 nitrogen and oxygen atoms in total. The van der Waals surface area contributed by atoms with Crippen LogP contribution in [0.4, 0.5) is 4.79 Å². The van der Waals surface area contributed by atoms with Crippen molar-refractivity contribution in [3.63, 3.8) is 0 Å². The van der Waals surface area contributed by atoms with Gasteiger partial charge in [0.05, 0.1) is 18.4 Å². The second-order valence-electron chi connectivity index (χ2n) is 5.46. The molecule has 21 heavy (non-hydrogen) atoms. The van der Waals surface area contributed by atoms with Crippen molar-refractivity contribution >= 4 is 22.0 Å². The molecule has 2 aromatic rings. The lowest BCUT2D eigenvalue weighted by Crippen LogP contribution is -2.32. The van der Waals surface area contributed by atoms with Crippen molar-refractivity contribution < 1.29 is 9.53 Å². The molecule has 0 unspecified atom stereocenters. The topological polar surface area (TPSA) is 69.0 Å². The van der Waals surface area contributed by atoms with Crippen LogP contribution in [-0.4, -0.2) is 26.7 Å². The number of rotatable bonds is 3. The average molecular weight is 353 g/mol. The summed E-state index contributed by atoms with van der Waals surface area (Å²) in [7, 11) is 0. The first-order chi connectivity index (χ1) is 9.83. The largest absolute Gasteiger partial charge is 0.444 e. The molecule has 0 aliphatic carbocycles. The molecule has 2 rings (SSSR count). The Hall–Kier alpha value is -1.89. The molecule has 1 aromatic carbocycles. The Bertz CT molecular complexity index is 634. The highest BCUT2D eigenvalue weighted by Gasteiger charge is 2.16. The third-order valence-electron chi connectivity index (χ3n) is 2.39. The van der Waals surface area contributed by atoms with Gasteiger partial charge in [-0.1, -0.05) is 22.0 Å². The molecule has 0 spiro atoms. The summed E-state index contributed by atoms with van der Waals surface area (Å²) in [6.45, 7) is 5.71. The lowest BCUT2D eigenvalue weighted by atomic mass is 10.2. The van der Waals surface area contributed by atoms with E-state index in [0.717, 1.165) is 10.2 Å². The monoisotopic (exact) mass is 352 g/mol. The Balaban J connectivity index is 1.96. The van der Waals surface area contributed by atoms with Crippen LogP contribution in [0, 0.1) is 0 Å². The molecule has 1 amide bonds. The number of alkyl carbamates (subject to hydrolysis) is 1. The molecule has 0 radical (unpaired) electrons. The number of carbonyl (C=O) groups is 1. The van der Waals surface area contributed by atoms with Gasteiger partial charge in [0.2, 0.25) is 0 Å². The Labute approximate surface area is 131 Å². The molecule has 1 N–H and O–H groups in total. The van der Waals surface area contributed by atoms with Gasteiger partial charge in [0.15, 0.2) is 0 Å². The van der Waals surface area contributed by atoms with E-state index in [-0.39, 0.29) is 6.54 Å². The molecule has 0 saturated heterocycles. The number of aromatic nitrogens is 3. The van der Waals surface area contributed by atoms with Crippen LogP contribution in [0.2, 0.25) is 0 Å². The number of ether oxygens (including phenoxy) is 1. The van der Waals surface area contributed by atoms with E-state index in [0.29, 0.717) is 5.69 Å². The van der Waals surface area contributed by atoms with Crippen molar-refractivity contribution in [1.82, 2.24) is 20.3 Å². The zero-order chi connectivity index (χ0) is 15.5. The van der Waals surface area contributed by atoms with Gasteiger partial charge in [-0.05, 0) is 39.0 Å². The summed E-state index contributed by atoms with van der Waals surface area (Å²) < 4.78 is 6.11. The number of halogens is 1. The van der Waals surface area contributed by atoms with Gasteiger partial charge in [-0.3, -0.25) is 0 Å². The van der Waals surface area contributed by atoms with Crippen molar-refractivity contribution in [1.29, 1.82) is 0 Å². The van der Waals surface area contributed by atoms with Gasteiger partial charge in [-0.15, -0.1) is 0 Å². The number of hydrogen-bond acceptors (Lipinski definition) is 4. The summed E-state index contributed by atoms with van der Waals surface area (Å²) in [5.41, 5.74) is 0.978. The highest BCUT2D eigenvalue weighted by atomic mass is 79.9. The van der Waals surface area contributed by atoms with E-state index in [2.05, 4.69) is 31.4 Å². The van der Waals surface area contributed by atoms with Crippen LogP contribution in [0.3, 0.4) is 0 Å². The summed E-state index contributed by atoms with van der Waals surface area (Å²) in [5, 5.41) is 11.1. The van der Waals surface area contributed by atoms with Gasteiger partial charge in [-0.2, -0.15) is 15.0 Å². The van der Waals surface area contributed by atoms with Gasteiger partial charge in [0.1, 0.15) is 11.3 Å². The van der Waals surface area contributed by atoms with Gasteiger partial charge in [-0.25, -0.2) is 4.79 Å². The van der Waals surface area contributed by atoms with E-state index in [4.69, 9.17) is 4.74 Å². The number of hydrogen-bond donors (Lipinski definition) is 1. The van der Waals surface area contributed by atoms with Crippen LogP contribution in [0.25, 0.3) is 5.69 Å². The first-order valence-electron chi connectivity index (χ1n) is 6.47. The van der Waals surface area contributed by atoms with Crippen LogP contribution in [0.15, 0.2) is 34.9 Å². The molecule has 0 aliphatic heterocycles. The number of nitrogens with one attached hydrogen (secondary N) is 1. The van der Waals surface area contributed by atoms with Crippen LogP contribution in [-0.2, 0) is 11.3 Å². The fraction of sp³-hybridized carbons (Fsp3) is 0.357. The van der Waals surface area contributed by atoms with Crippen molar-refractivity contribution in [2.45, 2.75) is 32.9 Å². The van der Waals surface area contributed by atoms with Gasteiger partial charge >= 0.3 is 6.09 Å². The third-order valence-corrected chi connectivity index (χ3v) is 2.88. The number of nitrogens with zero attached hydrogens (tertiary/aromatic N) is 3. The molecule has 0 atom stereocenters. The second kappa shape index (κ2) is 6.26. The maximum Gasteiger partial charge on any atom is 0.407 e. The van der Waals surface area contributed by atoms with Gasteiger partial charge in [0.25, 0.3) is 0 Å². The Kier molecular flexibility index (Phi) is 4.62. The van der Waals surface area contributed by atoms with Crippen molar-refractivity contribution in [3.05, 3.63) is 40.6 Å². The van der Waals surface area contributed by atoms with Crippen LogP contribution < -0.4 is 5.32 Å². The predicted molar refractivity (Wildman–Crippen MR) is 82.1 cm³/mol. The molecular formula is C14H17BrN4O2. The van der Waals surface area contributed by atoms with Crippen molar-refractivity contribution in [2.24, 2.45) is 0 Å². The fourth-order valence-electron chi connectivity index (χ4n) is 1.58. The predicted octanol–water partition coefficient (Wildman–Crippen LogP) is 3.05. The third kappa shape index (κ3) is 4.86. The molecule has 0 aliphatic rings. The minimum Gasteiger partial charge on any atom is -0.444 e. The smallest absolute Gasteiger partial charge is 0.407 e. The molecule has 1 aromatic heterocycles. The Morgan fingerprint density at radius 1 is 1.43 bits per heavy atom. The van der Waals surface area contributed by atoms with E-state index >= 15 is 0 Å². The maximum atomic E-state index is 11.6. The first kappa shape index (κ1) is 15.5. The van der Waals surface area contributed by atoms with E-state index in [1.165, 1.54) is 4.80 Å². The Morgan fingerprint density at radius 3 is 2.86 bits per heavy atom. The van der Waals surface area contributed by atoms with Crippen LogP contribution in [0.5, 0.6) is 0 Å². The average Bonchev–Trinajstić information content (AvgIpc) is 2.83. The molecule has 7 heteroatoms. The summed E-state index contributed by atoms with van der Waals surface area (Å²) >= 11 is 3.40. The van der Waals surface area contributed by atoms with Crippen molar-refractivity contribution in [2.75, 3.05) is 0 Å². The summed E-state index contributed by atoms with van der Waals surface area (Å²) in [6, 6.07) is 7.64. The maximum absolute atomic E-state index is 11.6. The number of carbonyl (C=O) groups excluding carboxylic acids is 1. The lowest BCUT2D eigenvalue weighted by molar-refractivity contribution is 0.0523. The highest BCUT2D eigenvalue weighted by Crippen LogP contribution is 2.14. The highest BCUT2D eigenvalue weighted by molar-refractivity contribution is 9.10. The lowest BCUT2D eigenvalue weighted by Gasteiger charge is -2.19. The fourth-order valence-corrected chi connectivity index (χ4v) is 1.96. The standard InChI is InChI=1S/C14H17BrN4O2/c1-14(2,3)21-13(20)16-8-11-9-17-19(18-11)12-6-4-5-10(15)7-12/h4-7,9H,8H2,1-3H3,(H,16,20). The van der Waals surface area contributed by atoms with E-state index in [1.807, 2.05) is 45.0 Å². The quantitative estimate of drug-likeness (QED) is 0.921. The second-order valence-corrected chi connectivity index (χ2v) is 6.38. The van der Waals surface area contributed by atoms with Crippen LogP contribution >= 0.6 is 15.9 Å². The number of amides is 1. The minimum absolute atomic E-state index is 0.267. The summed E-state index contributed by atoms with van der Waals surface area (Å²) in [4.78, 5) is 13.1. The van der Waals surface area contributed by atoms with Crippen LogP contribution in [0.1, 0.15) is 26.5 Å². The molecule has 0 bridgehead atoms. The summed E-state index contributed by atoms with van der Waals surface area (Å²) in [6.07, 6.45) is 1.14. The zero-order valence-corrected chi connectivity index (χ0v) is 13.7. The first-order valence-corrected chi connectivity index (χ1v) is 7.27. The van der Waals surface area contributed by atoms with E-state index in [1.54, 1.807) is 6.20 Å². The molecule has 0 fully saturated rings. The molecule has 1 heterocycles. The van der Waals surface area contributed by atoms with Gasteiger partial charge < -0.3 is 10.1 Å². The zero-order valence-electron chi connectivity index (χ0n) is 12.1. The molecule has 0 saturated carbocycles. The minimum atomic E-state index is -0.516. The number of benzene rings is 1. The Morgan fingerprint density at radius 2 is 2.19 bits per heavy atom. The van der Waals surface area contributed by atoms with Crippen molar-refractivity contribution in [3.8, 4) is 5.69 Å². The SMILES string of the molecule is CC(C)(C)OC(=O)NCc1cnn(-c2cccc(Br)c2)n1. The van der Waals surface area contributed by atoms with Gasteiger partial charge in [0, 0.05) is 4.47 Å². The molecular weight excluding hydrogens is 336 g/mol. The normalized spacial score (nSPS) is 11.2. The summed E-state index contributed by atoms with van der Waals surface area (Å²) in [5.74, 6) is 0. The molecule has 112 valence electrons.